The molecule has 5 rings (SSSR count). The van der Waals surface area contributed by atoms with Gasteiger partial charge in [0.25, 0.3) is 5.56 Å². The molecule has 1 aromatic carbocycles. The number of anilines is 1. The van der Waals surface area contributed by atoms with Gasteiger partial charge in [-0.1, -0.05) is 42.5 Å². The number of pyridine rings is 1. The third-order valence-corrected chi connectivity index (χ3v) is 6.06. The Kier molecular flexibility index (Phi) is 4.91. The van der Waals surface area contributed by atoms with E-state index in [1.54, 1.807) is 6.20 Å². The number of hydrogen-bond donors (Lipinski definition) is 1. The average Bonchev–Trinajstić information content (AvgIpc) is 2.78. The zero-order valence-electron chi connectivity index (χ0n) is 16.8. The van der Waals surface area contributed by atoms with Gasteiger partial charge in [-0.25, -0.2) is 4.98 Å². The van der Waals surface area contributed by atoms with E-state index < -0.39 is 0 Å². The molecule has 0 radical (unpaired) electrons. The number of benzene rings is 1. The fourth-order valence-electron chi connectivity index (χ4n) is 4.49. The summed E-state index contributed by atoms with van der Waals surface area (Å²) in [6.45, 7) is 1.79. The molecule has 1 N–H and O–H groups in total. The van der Waals surface area contributed by atoms with Crippen LogP contribution in [0.2, 0.25) is 0 Å². The second-order valence-corrected chi connectivity index (χ2v) is 8.15. The number of nitrogens with zero attached hydrogens (tertiary/aromatic N) is 3. The predicted octanol–water partition coefficient (Wildman–Crippen LogP) is 3.77. The Morgan fingerprint density at radius 2 is 1.83 bits per heavy atom. The quantitative estimate of drug-likeness (QED) is 0.724. The number of rotatable bonds is 3. The second-order valence-electron chi connectivity index (χ2n) is 8.15. The number of ketones is 1. The first-order valence-electron chi connectivity index (χ1n) is 10.6. The molecular formula is C24H24N4O2. The summed E-state index contributed by atoms with van der Waals surface area (Å²) in [6.07, 6.45) is 10.2. The number of Topliss-reactive ketones (excluding diaryl/α,β-unsaturated/α-hetero) is 1. The van der Waals surface area contributed by atoms with Crippen molar-refractivity contribution >= 4 is 28.8 Å². The molecule has 0 amide bonds. The van der Waals surface area contributed by atoms with Crippen molar-refractivity contribution in [2.24, 2.45) is 5.92 Å². The van der Waals surface area contributed by atoms with Crippen LogP contribution in [-0.4, -0.2) is 33.8 Å². The van der Waals surface area contributed by atoms with Crippen molar-refractivity contribution in [3.05, 3.63) is 69.6 Å². The minimum Gasteiger partial charge on any atom is -0.342 e. The maximum absolute atomic E-state index is 13.0. The van der Waals surface area contributed by atoms with Crippen LogP contribution in [0.3, 0.4) is 0 Å². The van der Waals surface area contributed by atoms with Gasteiger partial charge in [-0.2, -0.15) is 4.98 Å². The summed E-state index contributed by atoms with van der Waals surface area (Å²) in [5.74, 6) is 0.673. The lowest BCUT2D eigenvalue weighted by atomic mass is 9.82. The maximum atomic E-state index is 13.0. The van der Waals surface area contributed by atoms with Crippen molar-refractivity contribution in [1.82, 2.24) is 15.0 Å². The molecule has 1 atom stereocenters. The van der Waals surface area contributed by atoms with Crippen LogP contribution >= 0.6 is 0 Å². The number of carbonyl (C=O) groups excluding carboxylic acids is 1. The van der Waals surface area contributed by atoms with Crippen molar-refractivity contribution in [2.45, 2.75) is 32.1 Å². The Bertz CT molecular complexity index is 1180. The molecule has 1 aliphatic heterocycles. The highest BCUT2D eigenvalue weighted by molar-refractivity contribution is 6.02. The highest BCUT2D eigenvalue weighted by Crippen LogP contribution is 2.30. The second kappa shape index (κ2) is 7.86. The van der Waals surface area contributed by atoms with E-state index in [2.05, 4.69) is 25.9 Å². The third-order valence-electron chi connectivity index (χ3n) is 6.06. The van der Waals surface area contributed by atoms with E-state index >= 15 is 0 Å². The van der Waals surface area contributed by atoms with Gasteiger partial charge in [-0.3, -0.25) is 14.6 Å². The molecule has 0 spiro atoms. The molecule has 1 fully saturated rings. The molecule has 6 heteroatoms. The van der Waals surface area contributed by atoms with Crippen LogP contribution in [-0.2, 0) is 6.42 Å². The molecule has 3 aromatic rings. The highest BCUT2D eigenvalue weighted by atomic mass is 16.1. The highest BCUT2D eigenvalue weighted by Gasteiger charge is 2.28. The predicted molar refractivity (Wildman–Crippen MR) is 118 cm³/mol. The van der Waals surface area contributed by atoms with E-state index in [1.807, 2.05) is 36.4 Å². The fourth-order valence-corrected chi connectivity index (χ4v) is 4.49. The number of carbonyl (C=O) groups is 1. The van der Waals surface area contributed by atoms with E-state index in [0.717, 1.165) is 37.1 Å². The van der Waals surface area contributed by atoms with Crippen molar-refractivity contribution in [1.29, 1.82) is 0 Å². The molecule has 1 aliphatic carbocycles. The number of H-pyrrole nitrogens is 1. The van der Waals surface area contributed by atoms with E-state index in [4.69, 9.17) is 0 Å². The van der Waals surface area contributed by atoms with Crippen LogP contribution in [0.15, 0.2) is 47.4 Å². The Morgan fingerprint density at radius 3 is 2.63 bits per heavy atom. The van der Waals surface area contributed by atoms with E-state index in [9.17, 15) is 9.59 Å². The van der Waals surface area contributed by atoms with Gasteiger partial charge in [0.15, 0.2) is 11.4 Å². The lowest BCUT2D eigenvalue weighted by Gasteiger charge is -2.27. The van der Waals surface area contributed by atoms with Crippen LogP contribution < -0.4 is 10.5 Å². The van der Waals surface area contributed by atoms with Gasteiger partial charge in [-0.05, 0) is 42.7 Å². The number of allylic oxidation sites excluding steroid dienone is 1. The molecular weight excluding hydrogens is 376 g/mol. The molecule has 2 aliphatic rings. The largest absolute Gasteiger partial charge is 0.342 e. The van der Waals surface area contributed by atoms with Crippen molar-refractivity contribution < 1.29 is 4.79 Å². The number of hydrogen-bond acceptors (Lipinski definition) is 5. The number of aromatic amines is 1. The number of piperidine rings is 1. The molecule has 3 heterocycles. The topological polar surface area (TPSA) is 79.0 Å². The number of nitrogens with one attached hydrogen (secondary N) is 1. The third kappa shape index (κ3) is 3.54. The number of aromatic nitrogens is 3. The van der Waals surface area contributed by atoms with Crippen LogP contribution in [0.25, 0.3) is 17.1 Å². The van der Waals surface area contributed by atoms with E-state index in [1.165, 1.54) is 6.42 Å². The monoisotopic (exact) mass is 400 g/mol. The molecule has 1 unspecified atom stereocenters. The van der Waals surface area contributed by atoms with Crippen LogP contribution in [0.1, 0.15) is 47.2 Å². The van der Waals surface area contributed by atoms with E-state index in [0.29, 0.717) is 35.4 Å². The van der Waals surface area contributed by atoms with Gasteiger partial charge < -0.3 is 4.90 Å². The summed E-state index contributed by atoms with van der Waals surface area (Å²) in [4.78, 5) is 39.9. The normalized spacial score (nSPS) is 19.4. The molecule has 2 aromatic heterocycles. The zero-order valence-corrected chi connectivity index (χ0v) is 16.8. The summed E-state index contributed by atoms with van der Waals surface area (Å²) in [7, 11) is 0. The SMILES string of the molecule is O=C1CC(/C=C/c2ccccc2)Cc2c1cnc1nc(N3CCCCC3)[nH]c(=O)c21. The summed E-state index contributed by atoms with van der Waals surface area (Å²) in [6, 6.07) is 10.0. The van der Waals surface area contributed by atoms with Gasteiger partial charge in [-0.15, -0.1) is 0 Å². The van der Waals surface area contributed by atoms with Gasteiger partial charge in [0.2, 0.25) is 5.95 Å². The van der Waals surface area contributed by atoms with Gasteiger partial charge in [0.05, 0.1) is 5.39 Å². The molecule has 30 heavy (non-hydrogen) atoms. The first kappa shape index (κ1) is 18.7. The maximum Gasteiger partial charge on any atom is 0.262 e. The van der Waals surface area contributed by atoms with Crippen LogP contribution in [0.4, 0.5) is 5.95 Å². The molecule has 0 saturated carbocycles. The lowest BCUT2D eigenvalue weighted by molar-refractivity contribution is 0.0959. The standard InChI is InChI=1S/C24H24N4O2/c29-20-14-17(10-9-16-7-3-1-4-8-16)13-18-19(20)15-25-22-21(18)23(30)27-24(26-22)28-11-5-2-6-12-28/h1,3-4,7-10,15,17H,2,5-6,11-14H2,(H,25,26,27,30)/b10-9+. The molecule has 0 bridgehead atoms. The summed E-state index contributed by atoms with van der Waals surface area (Å²) in [5.41, 5.74) is 2.66. The van der Waals surface area contributed by atoms with Gasteiger partial charge in [0, 0.05) is 31.3 Å². The smallest absolute Gasteiger partial charge is 0.262 e. The molecule has 1 saturated heterocycles. The Balaban J connectivity index is 1.51. The Morgan fingerprint density at radius 1 is 1.03 bits per heavy atom. The summed E-state index contributed by atoms with van der Waals surface area (Å²) in [5, 5.41) is 0.458. The van der Waals surface area contributed by atoms with Crippen molar-refractivity contribution in [3.8, 4) is 0 Å². The van der Waals surface area contributed by atoms with Gasteiger partial charge in [0.1, 0.15) is 0 Å². The summed E-state index contributed by atoms with van der Waals surface area (Å²) < 4.78 is 0. The lowest BCUT2D eigenvalue weighted by Crippen LogP contribution is -2.33. The average molecular weight is 400 g/mol. The van der Waals surface area contributed by atoms with Crippen molar-refractivity contribution in [2.75, 3.05) is 18.0 Å². The molecule has 6 nitrogen and oxygen atoms in total. The van der Waals surface area contributed by atoms with Crippen LogP contribution in [0.5, 0.6) is 0 Å². The number of fused-ring (bicyclic) bond motifs is 3. The minimum atomic E-state index is -0.203. The van der Waals surface area contributed by atoms with E-state index in [-0.39, 0.29) is 17.3 Å². The first-order valence-corrected chi connectivity index (χ1v) is 10.6. The summed E-state index contributed by atoms with van der Waals surface area (Å²) >= 11 is 0. The minimum absolute atomic E-state index is 0.0351. The zero-order chi connectivity index (χ0) is 20.5. The van der Waals surface area contributed by atoms with Crippen LogP contribution in [0, 0.1) is 5.92 Å². The Hall–Kier alpha value is -3.28. The van der Waals surface area contributed by atoms with Gasteiger partial charge >= 0.3 is 0 Å². The first-order chi connectivity index (χ1) is 14.7. The molecule has 152 valence electrons. The fraction of sp³-hybridized carbons (Fsp3) is 0.333. The Labute approximate surface area is 174 Å². The van der Waals surface area contributed by atoms with Crippen molar-refractivity contribution in [3.63, 3.8) is 0 Å².